The van der Waals surface area contributed by atoms with Crippen molar-refractivity contribution in [2.75, 3.05) is 13.1 Å². The van der Waals surface area contributed by atoms with Crippen LogP contribution in [-0.2, 0) is 4.74 Å². The maximum Gasteiger partial charge on any atom is 0.410 e. The minimum absolute atomic E-state index is 0.214. The van der Waals surface area contributed by atoms with Crippen molar-refractivity contribution in [3.63, 3.8) is 0 Å². The number of carbonyl (C=O) groups excluding carboxylic acids is 1. The number of ether oxygens (including phenoxy) is 2. The summed E-state index contributed by atoms with van der Waals surface area (Å²) in [4.78, 5) is 14.2. The fraction of sp³-hybridized carbons (Fsp3) is 0.407. The quantitative estimate of drug-likeness (QED) is 0.545. The molecule has 168 valence electrons. The number of hydrogen-bond acceptors (Lipinski definition) is 4. The van der Waals surface area contributed by atoms with Crippen molar-refractivity contribution in [2.24, 2.45) is 11.8 Å². The van der Waals surface area contributed by atoms with Crippen LogP contribution in [0.5, 0.6) is 11.5 Å². The minimum Gasteiger partial charge on any atom is -0.457 e. The highest BCUT2D eigenvalue weighted by atomic mass is 16.6. The van der Waals surface area contributed by atoms with E-state index >= 15 is 0 Å². The minimum atomic E-state index is -0.463. The largest absolute Gasteiger partial charge is 0.457 e. The van der Waals surface area contributed by atoms with E-state index in [2.05, 4.69) is 24.3 Å². The van der Waals surface area contributed by atoms with Crippen LogP contribution in [0.25, 0.3) is 5.57 Å². The Bertz CT molecular complexity index is 1010. The van der Waals surface area contributed by atoms with Gasteiger partial charge in [0, 0.05) is 13.1 Å². The Morgan fingerprint density at radius 2 is 1.78 bits per heavy atom. The summed E-state index contributed by atoms with van der Waals surface area (Å²) in [7, 11) is 0. The molecule has 1 aliphatic heterocycles. The Balaban J connectivity index is 0.00000141. The van der Waals surface area contributed by atoms with Gasteiger partial charge in [-0.2, -0.15) is 5.26 Å². The Morgan fingerprint density at radius 1 is 1.06 bits per heavy atom. The van der Waals surface area contributed by atoms with Gasteiger partial charge < -0.3 is 14.4 Å². The summed E-state index contributed by atoms with van der Waals surface area (Å²) in [5, 5.41) is 9.01. The van der Waals surface area contributed by atoms with E-state index in [-0.39, 0.29) is 6.09 Å². The molecule has 0 spiro atoms. The molecule has 1 aliphatic carbocycles. The average Bonchev–Trinajstić information content (AvgIpc) is 3.34. The van der Waals surface area contributed by atoms with Crippen LogP contribution >= 0.6 is 0 Å². The first-order valence-corrected chi connectivity index (χ1v) is 11.3. The molecule has 2 atom stereocenters. The van der Waals surface area contributed by atoms with E-state index in [1.807, 2.05) is 63.8 Å². The van der Waals surface area contributed by atoms with Gasteiger partial charge in [0.2, 0.25) is 0 Å². The summed E-state index contributed by atoms with van der Waals surface area (Å²) >= 11 is 0. The lowest BCUT2D eigenvalue weighted by atomic mass is 9.98. The summed E-state index contributed by atoms with van der Waals surface area (Å²) in [5.74, 6) is 2.23. The van der Waals surface area contributed by atoms with Gasteiger partial charge in [0.05, 0.1) is 11.6 Å². The van der Waals surface area contributed by atoms with Crippen molar-refractivity contribution in [3.05, 3.63) is 65.7 Å². The molecule has 0 radical (unpaired) electrons. The lowest BCUT2D eigenvalue weighted by molar-refractivity contribution is 0.0285. The molecule has 2 aromatic rings. The van der Waals surface area contributed by atoms with Crippen LogP contribution in [0.2, 0.25) is 0 Å². The number of amides is 1. The topological polar surface area (TPSA) is 62.6 Å². The molecular formula is C27H32N2O3. The van der Waals surface area contributed by atoms with Crippen molar-refractivity contribution >= 4 is 11.7 Å². The molecule has 1 fully saturated rings. The van der Waals surface area contributed by atoms with Gasteiger partial charge in [0.15, 0.2) is 0 Å². The molecule has 5 heteroatoms. The summed E-state index contributed by atoms with van der Waals surface area (Å²) in [6.07, 6.45) is 3.06. The molecule has 2 unspecified atom stereocenters. The number of carbonyl (C=O) groups is 1. The standard InChI is InChI=1S/C25H26N2O3.C2H6/c1-25(2,3)30-24(28)27-15-20-12-19(13-21(20)16-27)18-7-9-22(10-8-18)29-23-6-4-5-17(11-23)14-26;1-2/h4-12,20-21H,13,15-16H2,1-3H3;1-2H3. The van der Waals surface area contributed by atoms with Crippen molar-refractivity contribution in [1.29, 1.82) is 5.26 Å². The Labute approximate surface area is 191 Å². The summed E-state index contributed by atoms with van der Waals surface area (Å²) in [5.41, 5.74) is 2.63. The highest BCUT2D eigenvalue weighted by molar-refractivity contribution is 5.72. The Hall–Kier alpha value is -3.26. The van der Waals surface area contributed by atoms with Gasteiger partial charge in [0.1, 0.15) is 17.1 Å². The van der Waals surface area contributed by atoms with Crippen LogP contribution in [0.3, 0.4) is 0 Å². The monoisotopic (exact) mass is 432 g/mol. The third-order valence-corrected chi connectivity index (χ3v) is 5.46. The van der Waals surface area contributed by atoms with Crippen LogP contribution in [-0.4, -0.2) is 29.7 Å². The van der Waals surface area contributed by atoms with Crippen LogP contribution in [0.4, 0.5) is 4.79 Å². The maximum absolute atomic E-state index is 12.3. The molecule has 1 heterocycles. The number of hydrogen-bond donors (Lipinski definition) is 0. The molecule has 0 N–H and O–H groups in total. The Kier molecular flexibility index (Phi) is 7.25. The van der Waals surface area contributed by atoms with Gasteiger partial charge >= 0.3 is 6.09 Å². The lowest BCUT2D eigenvalue weighted by Crippen LogP contribution is -2.35. The van der Waals surface area contributed by atoms with Crippen molar-refractivity contribution in [1.82, 2.24) is 4.90 Å². The van der Waals surface area contributed by atoms with Gasteiger partial charge in [-0.1, -0.05) is 38.1 Å². The third-order valence-electron chi connectivity index (χ3n) is 5.46. The molecule has 0 saturated carbocycles. The summed E-state index contributed by atoms with van der Waals surface area (Å²) in [6, 6.07) is 17.3. The second-order valence-electron chi connectivity index (χ2n) is 8.97. The average molecular weight is 433 g/mol. The number of nitrogens with zero attached hydrogens (tertiary/aromatic N) is 2. The number of benzene rings is 2. The second kappa shape index (κ2) is 9.91. The van der Waals surface area contributed by atoms with E-state index in [9.17, 15) is 4.79 Å². The molecule has 0 aromatic heterocycles. The van der Waals surface area contributed by atoms with Gasteiger partial charge in [-0.25, -0.2) is 4.79 Å². The molecule has 2 aromatic carbocycles. The van der Waals surface area contributed by atoms with Gasteiger partial charge in [-0.05, 0) is 80.5 Å². The SMILES string of the molecule is CC.CC(C)(C)OC(=O)N1CC2C=C(c3ccc(Oc4cccc(C#N)c4)cc3)CC2C1. The molecule has 1 saturated heterocycles. The van der Waals surface area contributed by atoms with Crippen LogP contribution < -0.4 is 4.74 Å². The van der Waals surface area contributed by atoms with Gasteiger partial charge in [0.25, 0.3) is 0 Å². The fourth-order valence-corrected chi connectivity index (χ4v) is 4.10. The van der Waals surface area contributed by atoms with Crippen molar-refractivity contribution in [3.8, 4) is 17.6 Å². The fourth-order valence-electron chi connectivity index (χ4n) is 4.10. The number of rotatable bonds is 3. The first-order chi connectivity index (χ1) is 15.3. The maximum atomic E-state index is 12.3. The molecule has 4 rings (SSSR count). The molecule has 32 heavy (non-hydrogen) atoms. The van der Waals surface area contributed by atoms with Gasteiger partial charge in [-0.3, -0.25) is 0 Å². The third kappa shape index (κ3) is 5.70. The van der Waals surface area contributed by atoms with E-state index in [0.29, 0.717) is 23.1 Å². The van der Waals surface area contributed by atoms with E-state index in [1.54, 1.807) is 12.1 Å². The smallest absolute Gasteiger partial charge is 0.410 e. The second-order valence-corrected chi connectivity index (χ2v) is 8.97. The molecular weight excluding hydrogens is 400 g/mol. The zero-order chi connectivity index (χ0) is 23.3. The van der Waals surface area contributed by atoms with E-state index in [4.69, 9.17) is 14.7 Å². The number of allylic oxidation sites excluding steroid dienone is 1. The van der Waals surface area contributed by atoms with E-state index in [0.717, 1.165) is 25.3 Å². The summed E-state index contributed by atoms with van der Waals surface area (Å²) in [6.45, 7) is 11.2. The molecule has 1 amide bonds. The predicted molar refractivity (Wildman–Crippen MR) is 126 cm³/mol. The van der Waals surface area contributed by atoms with Crippen LogP contribution in [0.1, 0.15) is 52.2 Å². The van der Waals surface area contributed by atoms with E-state index < -0.39 is 5.60 Å². The highest BCUT2D eigenvalue weighted by Crippen LogP contribution is 2.41. The first-order valence-electron chi connectivity index (χ1n) is 11.3. The number of fused-ring (bicyclic) bond motifs is 1. The lowest BCUT2D eigenvalue weighted by Gasteiger charge is -2.24. The number of nitriles is 1. The van der Waals surface area contributed by atoms with Gasteiger partial charge in [-0.15, -0.1) is 0 Å². The summed E-state index contributed by atoms with van der Waals surface area (Å²) < 4.78 is 11.4. The first kappa shape index (κ1) is 23.4. The van der Waals surface area contributed by atoms with Crippen molar-refractivity contribution < 1.29 is 14.3 Å². The highest BCUT2D eigenvalue weighted by Gasteiger charge is 2.39. The Morgan fingerprint density at radius 3 is 2.41 bits per heavy atom. The number of likely N-dealkylation sites (tertiary alicyclic amines) is 1. The van der Waals surface area contributed by atoms with Crippen LogP contribution in [0.15, 0.2) is 54.6 Å². The molecule has 0 bridgehead atoms. The molecule has 5 nitrogen and oxygen atoms in total. The zero-order valence-electron chi connectivity index (χ0n) is 19.6. The normalized spacial score (nSPS) is 19.2. The predicted octanol–water partition coefficient (Wildman–Crippen LogP) is 6.65. The zero-order valence-corrected chi connectivity index (χ0v) is 19.6. The van der Waals surface area contributed by atoms with Crippen molar-refractivity contribution in [2.45, 2.75) is 46.6 Å². The van der Waals surface area contributed by atoms with Crippen LogP contribution in [0, 0.1) is 23.2 Å². The van der Waals surface area contributed by atoms with E-state index in [1.165, 1.54) is 11.1 Å². The molecule has 2 aliphatic rings.